The summed E-state index contributed by atoms with van der Waals surface area (Å²) in [7, 11) is -3.68. The Morgan fingerprint density at radius 1 is 0.917 bits per heavy atom. The third kappa shape index (κ3) is 3.55. The lowest BCUT2D eigenvalue weighted by Crippen LogP contribution is -2.14. The zero-order valence-corrected chi connectivity index (χ0v) is 13.6. The smallest absolute Gasteiger partial charge is 0.261 e. The Bertz CT molecular complexity index is 996. The van der Waals surface area contributed by atoms with Gasteiger partial charge in [-0.25, -0.2) is 8.42 Å². The van der Waals surface area contributed by atoms with Crippen molar-refractivity contribution in [2.75, 3.05) is 4.72 Å². The summed E-state index contributed by atoms with van der Waals surface area (Å²) in [6.45, 7) is 0. The molecule has 0 spiro atoms. The molecule has 24 heavy (non-hydrogen) atoms. The normalized spacial score (nSPS) is 11.3. The average molecular weight is 340 g/mol. The van der Waals surface area contributed by atoms with E-state index in [1.807, 2.05) is 24.3 Å². The third-order valence-electron chi connectivity index (χ3n) is 3.62. The minimum absolute atomic E-state index is 0.123. The molecular formula is C18H16N2O3S. The van der Waals surface area contributed by atoms with Gasteiger partial charge in [0.15, 0.2) is 0 Å². The summed E-state index contributed by atoms with van der Waals surface area (Å²) in [6.07, 6.45) is 0.123. The Hall–Kier alpha value is -2.86. The molecule has 1 amide bonds. The van der Waals surface area contributed by atoms with Crippen molar-refractivity contribution >= 4 is 32.4 Å². The zero-order valence-electron chi connectivity index (χ0n) is 12.8. The van der Waals surface area contributed by atoms with Crippen LogP contribution in [0.2, 0.25) is 0 Å². The van der Waals surface area contributed by atoms with E-state index in [1.165, 1.54) is 0 Å². The summed E-state index contributed by atoms with van der Waals surface area (Å²) in [5.41, 5.74) is 6.30. The van der Waals surface area contributed by atoms with Crippen LogP contribution in [-0.2, 0) is 21.2 Å². The summed E-state index contributed by atoms with van der Waals surface area (Å²) < 4.78 is 27.6. The fourth-order valence-corrected chi connectivity index (χ4v) is 3.53. The van der Waals surface area contributed by atoms with E-state index in [4.69, 9.17) is 5.73 Å². The van der Waals surface area contributed by atoms with E-state index in [1.54, 1.807) is 42.5 Å². The van der Waals surface area contributed by atoms with Crippen molar-refractivity contribution in [2.24, 2.45) is 5.73 Å². The molecule has 0 bridgehead atoms. The van der Waals surface area contributed by atoms with Crippen LogP contribution >= 0.6 is 0 Å². The highest BCUT2D eigenvalue weighted by molar-refractivity contribution is 7.92. The van der Waals surface area contributed by atoms with Crippen LogP contribution in [0.15, 0.2) is 71.6 Å². The Balaban J connectivity index is 1.85. The number of primary amides is 1. The van der Waals surface area contributed by atoms with E-state index >= 15 is 0 Å². The Labute approximate surface area is 140 Å². The van der Waals surface area contributed by atoms with Crippen molar-refractivity contribution in [3.63, 3.8) is 0 Å². The highest BCUT2D eigenvalue weighted by Gasteiger charge is 2.14. The average Bonchev–Trinajstić information content (AvgIpc) is 2.55. The van der Waals surface area contributed by atoms with Crippen LogP contribution in [0.1, 0.15) is 5.56 Å². The van der Waals surface area contributed by atoms with Crippen LogP contribution in [-0.4, -0.2) is 14.3 Å². The predicted octanol–water partition coefficient (Wildman–Crippen LogP) is 2.67. The van der Waals surface area contributed by atoms with Gasteiger partial charge in [0.2, 0.25) is 5.91 Å². The van der Waals surface area contributed by atoms with Crippen LogP contribution < -0.4 is 10.5 Å². The maximum absolute atomic E-state index is 12.5. The minimum atomic E-state index is -3.68. The lowest BCUT2D eigenvalue weighted by Gasteiger charge is -2.09. The van der Waals surface area contributed by atoms with E-state index in [9.17, 15) is 13.2 Å². The first kappa shape index (κ1) is 16.0. The second kappa shape index (κ2) is 6.33. The molecule has 0 aromatic heterocycles. The summed E-state index contributed by atoms with van der Waals surface area (Å²) in [5, 5.41) is 1.84. The SMILES string of the molecule is NC(=O)Cc1ccc(NS(=O)(=O)c2ccc3ccccc3c2)cc1. The number of nitrogens with two attached hydrogens (primary N) is 1. The molecule has 0 heterocycles. The van der Waals surface area contributed by atoms with E-state index in [0.717, 1.165) is 16.3 Å². The first-order chi connectivity index (χ1) is 11.4. The van der Waals surface area contributed by atoms with Gasteiger partial charge in [0.05, 0.1) is 11.3 Å². The van der Waals surface area contributed by atoms with Crippen LogP contribution in [0.5, 0.6) is 0 Å². The molecule has 3 aromatic rings. The van der Waals surface area contributed by atoms with Gasteiger partial charge in [0.25, 0.3) is 10.0 Å². The van der Waals surface area contributed by atoms with Gasteiger partial charge in [0.1, 0.15) is 0 Å². The quantitative estimate of drug-likeness (QED) is 0.748. The lowest BCUT2D eigenvalue weighted by molar-refractivity contribution is -0.117. The molecule has 3 N–H and O–H groups in total. The zero-order chi connectivity index (χ0) is 17.2. The first-order valence-electron chi connectivity index (χ1n) is 7.33. The van der Waals surface area contributed by atoms with E-state index in [-0.39, 0.29) is 11.3 Å². The molecule has 3 aromatic carbocycles. The number of hydrogen-bond donors (Lipinski definition) is 2. The number of nitrogens with one attached hydrogen (secondary N) is 1. The fraction of sp³-hybridized carbons (Fsp3) is 0.0556. The highest BCUT2D eigenvalue weighted by Crippen LogP contribution is 2.21. The summed E-state index contributed by atoms with van der Waals surface area (Å²) in [5.74, 6) is -0.431. The van der Waals surface area contributed by atoms with E-state index < -0.39 is 15.9 Å². The number of hydrogen-bond acceptors (Lipinski definition) is 3. The molecule has 6 heteroatoms. The number of benzene rings is 3. The maximum Gasteiger partial charge on any atom is 0.261 e. The van der Waals surface area contributed by atoms with Gasteiger partial charge in [-0.2, -0.15) is 0 Å². The van der Waals surface area contributed by atoms with Gasteiger partial charge >= 0.3 is 0 Å². The molecule has 0 fully saturated rings. The van der Waals surface area contributed by atoms with Crippen LogP contribution in [0.25, 0.3) is 10.8 Å². The van der Waals surface area contributed by atoms with Gasteiger partial charge in [0, 0.05) is 5.69 Å². The molecule has 0 atom stereocenters. The second-order valence-electron chi connectivity index (χ2n) is 5.45. The maximum atomic E-state index is 12.5. The minimum Gasteiger partial charge on any atom is -0.369 e. The molecule has 0 saturated carbocycles. The van der Waals surface area contributed by atoms with Crippen LogP contribution in [0, 0.1) is 0 Å². The highest BCUT2D eigenvalue weighted by atomic mass is 32.2. The Morgan fingerprint density at radius 3 is 2.25 bits per heavy atom. The van der Waals surface area contributed by atoms with Gasteiger partial charge in [-0.3, -0.25) is 9.52 Å². The molecule has 122 valence electrons. The molecule has 0 aliphatic rings. The molecule has 3 rings (SSSR count). The number of fused-ring (bicyclic) bond motifs is 1. The first-order valence-corrected chi connectivity index (χ1v) is 8.81. The fourth-order valence-electron chi connectivity index (χ4n) is 2.44. The van der Waals surface area contributed by atoms with E-state index in [0.29, 0.717) is 5.69 Å². The van der Waals surface area contributed by atoms with Crippen molar-refractivity contribution in [1.29, 1.82) is 0 Å². The lowest BCUT2D eigenvalue weighted by atomic mass is 10.1. The molecule has 5 nitrogen and oxygen atoms in total. The summed E-state index contributed by atoms with van der Waals surface area (Å²) in [4.78, 5) is 11.1. The summed E-state index contributed by atoms with van der Waals surface area (Å²) >= 11 is 0. The summed E-state index contributed by atoms with van der Waals surface area (Å²) in [6, 6.07) is 19.1. The van der Waals surface area contributed by atoms with Crippen LogP contribution in [0.4, 0.5) is 5.69 Å². The van der Waals surface area contributed by atoms with Gasteiger partial charge in [-0.1, -0.05) is 42.5 Å². The standard InChI is InChI=1S/C18H16N2O3S/c19-18(21)11-13-5-8-16(9-6-13)20-24(22,23)17-10-7-14-3-1-2-4-15(14)12-17/h1-10,12,20H,11H2,(H2,19,21). The van der Waals surface area contributed by atoms with Crippen molar-refractivity contribution < 1.29 is 13.2 Å². The molecule has 0 radical (unpaired) electrons. The van der Waals surface area contributed by atoms with Crippen molar-refractivity contribution in [2.45, 2.75) is 11.3 Å². The number of sulfonamides is 1. The Morgan fingerprint density at radius 2 is 1.58 bits per heavy atom. The number of amides is 1. The van der Waals surface area contributed by atoms with Crippen molar-refractivity contribution in [1.82, 2.24) is 0 Å². The number of carbonyl (C=O) groups is 1. The molecular weight excluding hydrogens is 324 g/mol. The molecule has 0 aliphatic heterocycles. The second-order valence-corrected chi connectivity index (χ2v) is 7.14. The topological polar surface area (TPSA) is 89.3 Å². The van der Waals surface area contributed by atoms with Gasteiger partial charge in [-0.05, 0) is 40.6 Å². The number of carbonyl (C=O) groups excluding carboxylic acids is 1. The largest absolute Gasteiger partial charge is 0.369 e. The molecule has 0 unspecified atom stereocenters. The van der Waals surface area contributed by atoms with Crippen molar-refractivity contribution in [3.8, 4) is 0 Å². The monoisotopic (exact) mass is 340 g/mol. The number of anilines is 1. The van der Waals surface area contributed by atoms with Crippen LogP contribution in [0.3, 0.4) is 0 Å². The van der Waals surface area contributed by atoms with Crippen molar-refractivity contribution in [3.05, 3.63) is 72.3 Å². The number of rotatable bonds is 5. The van der Waals surface area contributed by atoms with Gasteiger partial charge < -0.3 is 5.73 Å². The van der Waals surface area contributed by atoms with Gasteiger partial charge in [-0.15, -0.1) is 0 Å². The molecule has 0 aliphatic carbocycles. The third-order valence-corrected chi connectivity index (χ3v) is 4.99. The van der Waals surface area contributed by atoms with E-state index in [2.05, 4.69) is 4.72 Å². The Kier molecular flexibility index (Phi) is 4.22. The molecule has 0 saturated heterocycles. The predicted molar refractivity (Wildman–Crippen MR) is 94.1 cm³/mol.